The second-order valence-electron chi connectivity index (χ2n) is 2.93. The molecule has 0 aliphatic carbocycles. The predicted octanol–water partition coefficient (Wildman–Crippen LogP) is 0.163. The van der Waals surface area contributed by atoms with Crippen LogP contribution in [0.3, 0.4) is 0 Å². The third kappa shape index (κ3) is 3.12. The summed E-state index contributed by atoms with van der Waals surface area (Å²) in [5.74, 6) is -0.289. The van der Waals surface area contributed by atoms with Crippen molar-refractivity contribution in [3.8, 4) is 0 Å². The minimum atomic E-state index is -3.77. The molecule has 1 rings (SSSR count). The summed E-state index contributed by atoms with van der Waals surface area (Å²) in [6, 6.07) is 5.54. The molecule has 0 saturated carbocycles. The highest BCUT2D eigenvalue weighted by Crippen LogP contribution is 2.10. The maximum Gasteiger partial charge on any atom is 0.238 e. The number of carbonyl (C=O) groups excluding carboxylic acids is 1. The Labute approximate surface area is 87.9 Å². The maximum atomic E-state index is 11.4. The van der Waals surface area contributed by atoms with Crippen molar-refractivity contribution in [1.29, 1.82) is 0 Å². The Balaban J connectivity index is 3.09. The zero-order valence-electron chi connectivity index (χ0n) is 8.14. The molecule has 0 amide bonds. The number of nitrogens with two attached hydrogens (primary N) is 1. The highest BCUT2D eigenvalue weighted by molar-refractivity contribution is 7.89. The van der Waals surface area contributed by atoms with E-state index in [1.54, 1.807) is 0 Å². The van der Waals surface area contributed by atoms with Crippen molar-refractivity contribution < 1.29 is 17.9 Å². The molecule has 6 heteroatoms. The minimum absolute atomic E-state index is 0.0792. The number of carbonyl (C=O) groups is 1. The highest BCUT2D eigenvalue weighted by Gasteiger charge is 2.11. The van der Waals surface area contributed by atoms with Crippen LogP contribution in [0.4, 0.5) is 0 Å². The highest BCUT2D eigenvalue weighted by atomic mass is 32.2. The van der Waals surface area contributed by atoms with Gasteiger partial charge in [0.05, 0.1) is 4.90 Å². The third-order valence-electron chi connectivity index (χ3n) is 1.76. The first-order valence-electron chi connectivity index (χ1n) is 4.10. The zero-order chi connectivity index (χ0) is 11.5. The smallest absolute Gasteiger partial charge is 0.238 e. The van der Waals surface area contributed by atoms with E-state index in [0.717, 1.165) is 0 Å². The lowest BCUT2D eigenvalue weighted by molar-refractivity contribution is 0.0848. The second kappa shape index (κ2) is 4.52. The van der Waals surface area contributed by atoms with Gasteiger partial charge in [-0.05, 0) is 12.1 Å². The largest absolute Gasteiger partial charge is 0.377 e. The molecule has 0 aliphatic rings. The van der Waals surface area contributed by atoms with Crippen LogP contribution in [0.15, 0.2) is 29.2 Å². The van der Waals surface area contributed by atoms with Gasteiger partial charge in [-0.25, -0.2) is 13.6 Å². The van der Waals surface area contributed by atoms with Crippen LogP contribution in [0.2, 0.25) is 0 Å². The summed E-state index contributed by atoms with van der Waals surface area (Å²) in [7, 11) is -2.38. The van der Waals surface area contributed by atoms with Gasteiger partial charge in [0.15, 0.2) is 5.78 Å². The molecular formula is C9H11NO4S. The van der Waals surface area contributed by atoms with E-state index in [2.05, 4.69) is 4.74 Å². The number of methoxy groups -OCH3 is 1. The van der Waals surface area contributed by atoms with Crippen molar-refractivity contribution in [2.45, 2.75) is 4.90 Å². The van der Waals surface area contributed by atoms with Crippen LogP contribution in [0.25, 0.3) is 0 Å². The van der Waals surface area contributed by atoms with Crippen molar-refractivity contribution in [2.75, 3.05) is 13.7 Å². The molecule has 0 radical (unpaired) electrons. The topological polar surface area (TPSA) is 86.5 Å². The summed E-state index contributed by atoms with van der Waals surface area (Å²) in [6.45, 7) is -0.0892. The molecule has 0 saturated heterocycles. The standard InChI is InChI=1S/C9H11NO4S/c1-14-6-9(11)7-3-2-4-8(5-7)15(10,12)13/h2-5H,6H2,1H3,(H2,10,12,13). The van der Waals surface area contributed by atoms with Gasteiger partial charge >= 0.3 is 0 Å². The van der Waals surface area contributed by atoms with Crippen LogP contribution < -0.4 is 5.14 Å². The van der Waals surface area contributed by atoms with E-state index in [-0.39, 0.29) is 22.8 Å². The molecule has 0 fully saturated rings. The first-order valence-corrected chi connectivity index (χ1v) is 5.65. The Hall–Kier alpha value is -1.24. The summed E-state index contributed by atoms with van der Waals surface area (Å²) >= 11 is 0. The lowest BCUT2D eigenvalue weighted by Gasteiger charge is -2.02. The number of Topliss-reactive ketones (excluding diaryl/α,β-unsaturated/α-hetero) is 1. The van der Waals surface area contributed by atoms with Gasteiger partial charge in [-0.1, -0.05) is 12.1 Å². The second-order valence-corrected chi connectivity index (χ2v) is 4.49. The molecule has 0 unspecified atom stereocenters. The predicted molar refractivity (Wildman–Crippen MR) is 54.0 cm³/mol. The van der Waals surface area contributed by atoms with Crippen LogP contribution in [0.1, 0.15) is 10.4 Å². The average molecular weight is 229 g/mol. The van der Waals surface area contributed by atoms with Crippen molar-refractivity contribution in [2.24, 2.45) is 5.14 Å². The van der Waals surface area contributed by atoms with Crippen LogP contribution in [-0.4, -0.2) is 27.9 Å². The molecule has 0 aliphatic heterocycles. The normalized spacial score (nSPS) is 11.3. The maximum absolute atomic E-state index is 11.4. The van der Waals surface area contributed by atoms with Crippen LogP contribution in [0, 0.1) is 0 Å². The molecule has 1 aromatic carbocycles. The molecular weight excluding hydrogens is 218 g/mol. The van der Waals surface area contributed by atoms with Crippen molar-refractivity contribution in [3.05, 3.63) is 29.8 Å². The molecule has 1 aromatic rings. The van der Waals surface area contributed by atoms with Gasteiger partial charge in [0.2, 0.25) is 10.0 Å². The number of ketones is 1. The van der Waals surface area contributed by atoms with Crippen LogP contribution in [-0.2, 0) is 14.8 Å². The van der Waals surface area contributed by atoms with E-state index in [1.807, 2.05) is 0 Å². The van der Waals surface area contributed by atoms with Gasteiger partial charge < -0.3 is 4.74 Å². The SMILES string of the molecule is COCC(=O)c1cccc(S(N)(=O)=O)c1. The van der Waals surface area contributed by atoms with Gasteiger partial charge in [-0.3, -0.25) is 4.79 Å². The van der Waals surface area contributed by atoms with Gasteiger partial charge in [-0.2, -0.15) is 0 Å². The number of hydrogen-bond donors (Lipinski definition) is 1. The van der Waals surface area contributed by atoms with Crippen molar-refractivity contribution >= 4 is 15.8 Å². The fourth-order valence-electron chi connectivity index (χ4n) is 1.06. The zero-order valence-corrected chi connectivity index (χ0v) is 8.95. The van der Waals surface area contributed by atoms with Gasteiger partial charge in [0.1, 0.15) is 6.61 Å². The monoisotopic (exact) mass is 229 g/mol. The summed E-state index contributed by atoms with van der Waals surface area (Å²) in [6.07, 6.45) is 0. The van der Waals surface area contributed by atoms with E-state index < -0.39 is 10.0 Å². The molecule has 0 bridgehead atoms. The molecule has 5 nitrogen and oxygen atoms in total. The number of primary sulfonamides is 1. The minimum Gasteiger partial charge on any atom is -0.377 e. The first-order chi connectivity index (χ1) is 6.95. The number of rotatable bonds is 4. The Morgan fingerprint density at radius 1 is 1.47 bits per heavy atom. The molecule has 0 aromatic heterocycles. The number of benzene rings is 1. The Kier molecular flexibility index (Phi) is 3.57. The Morgan fingerprint density at radius 3 is 2.67 bits per heavy atom. The quantitative estimate of drug-likeness (QED) is 0.745. The lowest BCUT2D eigenvalue weighted by Crippen LogP contribution is -2.14. The van der Waals surface area contributed by atoms with E-state index in [4.69, 9.17) is 5.14 Å². The molecule has 82 valence electrons. The third-order valence-corrected chi connectivity index (χ3v) is 2.67. The number of ether oxygens (including phenoxy) is 1. The molecule has 0 atom stereocenters. The number of sulfonamides is 1. The number of hydrogen-bond acceptors (Lipinski definition) is 4. The van der Waals surface area contributed by atoms with Crippen LogP contribution in [0.5, 0.6) is 0 Å². The summed E-state index contributed by atoms with van der Waals surface area (Å²) < 4.78 is 26.7. The van der Waals surface area contributed by atoms with Gasteiger partial charge in [0.25, 0.3) is 0 Å². The molecule has 15 heavy (non-hydrogen) atoms. The lowest BCUT2D eigenvalue weighted by atomic mass is 10.1. The molecule has 0 heterocycles. The van der Waals surface area contributed by atoms with E-state index in [9.17, 15) is 13.2 Å². The van der Waals surface area contributed by atoms with Gasteiger partial charge in [-0.15, -0.1) is 0 Å². The average Bonchev–Trinajstić information content (AvgIpc) is 2.17. The van der Waals surface area contributed by atoms with E-state index in [0.29, 0.717) is 0 Å². The Morgan fingerprint density at radius 2 is 2.13 bits per heavy atom. The van der Waals surface area contributed by atoms with Crippen molar-refractivity contribution in [1.82, 2.24) is 0 Å². The molecule has 0 spiro atoms. The molecule has 2 N–H and O–H groups in total. The fraction of sp³-hybridized carbons (Fsp3) is 0.222. The fourth-order valence-corrected chi connectivity index (χ4v) is 1.62. The first kappa shape index (κ1) is 11.8. The Bertz CT molecular complexity index is 467. The van der Waals surface area contributed by atoms with E-state index in [1.165, 1.54) is 31.4 Å². The summed E-state index contributed by atoms with van der Waals surface area (Å²) in [4.78, 5) is 11.3. The van der Waals surface area contributed by atoms with E-state index >= 15 is 0 Å². The van der Waals surface area contributed by atoms with Crippen LogP contribution >= 0.6 is 0 Å². The van der Waals surface area contributed by atoms with Gasteiger partial charge in [0, 0.05) is 12.7 Å². The summed E-state index contributed by atoms with van der Waals surface area (Å²) in [5, 5.41) is 4.93. The van der Waals surface area contributed by atoms with Crippen molar-refractivity contribution in [3.63, 3.8) is 0 Å². The summed E-state index contributed by atoms with van der Waals surface area (Å²) in [5.41, 5.74) is 0.267.